The van der Waals surface area contributed by atoms with E-state index in [4.69, 9.17) is 10.5 Å². The van der Waals surface area contributed by atoms with Crippen molar-refractivity contribution in [3.8, 4) is 0 Å². The van der Waals surface area contributed by atoms with Crippen LogP contribution in [0.4, 0.5) is 0 Å². The largest absolute Gasteiger partial charge is 0.481 e. The third-order valence-corrected chi connectivity index (χ3v) is 3.06. The number of carboxylic acids is 1. The summed E-state index contributed by atoms with van der Waals surface area (Å²) in [6.45, 7) is 4.30. The zero-order valence-corrected chi connectivity index (χ0v) is 10.9. The number of aliphatic carboxylic acids is 1. The van der Waals surface area contributed by atoms with Gasteiger partial charge in [0.1, 0.15) is 5.41 Å². The van der Waals surface area contributed by atoms with Crippen molar-refractivity contribution in [2.45, 2.75) is 31.8 Å². The van der Waals surface area contributed by atoms with Crippen LogP contribution in [0.2, 0.25) is 0 Å². The first-order valence-electron chi connectivity index (χ1n) is 6.13. The van der Waals surface area contributed by atoms with Crippen LogP contribution in [0.3, 0.4) is 0 Å². The van der Waals surface area contributed by atoms with Crippen molar-refractivity contribution < 1.29 is 14.6 Å². The van der Waals surface area contributed by atoms with Gasteiger partial charge in [-0.05, 0) is 25.8 Å². The van der Waals surface area contributed by atoms with Crippen LogP contribution in [0.15, 0.2) is 30.3 Å². The molecule has 0 aliphatic rings. The zero-order valence-electron chi connectivity index (χ0n) is 10.9. The van der Waals surface area contributed by atoms with E-state index in [0.29, 0.717) is 13.0 Å². The van der Waals surface area contributed by atoms with Crippen LogP contribution in [-0.4, -0.2) is 30.3 Å². The minimum absolute atomic E-state index is 0.0633. The average molecular weight is 251 g/mol. The predicted molar refractivity (Wildman–Crippen MR) is 70.5 cm³/mol. The summed E-state index contributed by atoms with van der Waals surface area (Å²) in [6.07, 6.45) is 0.464. The summed E-state index contributed by atoms with van der Waals surface area (Å²) in [4.78, 5) is 11.6. The van der Waals surface area contributed by atoms with E-state index in [0.717, 1.165) is 5.56 Å². The smallest absolute Gasteiger partial charge is 0.315 e. The lowest BCUT2D eigenvalue weighted by Gasteiger charge is -2.28. The van der Waals surface area contributed by atoms with Crippen LogP contribution in [0.1, 0.15) is 25.8 Å². The second-order valence-corrected chi connectivity index (χ2v) is 4.63. The molecule has 0 radical (unpaired) electrons. The fourth-order valence-electron chi connectivity index (χ4n) is 1.91. The maximum Gasteiger partial charge on any atom is 0.315 e. The van der Waals surface area contributed by atoms with Crippen LogP contribution < -0.4 is 5.73 Å². The first-order chi connectivity index (χ1) is 8.53. The lowest BCUT2D eigenvalue weighted by atomic mass is 9.78. The van der Waals surface area contributed by atoms with Gasteiger partial charge < -0.3 is 15.6 Å². The monoisotopic (exact) mass is 251 g/mol. The molecular weight excluding hydrogens is 230 g/mol. The Kier molecular flexibility index (Phi) is 5.31. The van der Waals surface area contributed by atoms with E-state index in [1.165, 1.54) is 0 Å². The molecule has 4 nitrogen and oxygen atoms in total. The molecule has 1 aromatic carbocycles. The normalized spacial score (nSPS) is 14.4. The minimum Gasteiger partial charge on any atom is -0.481 e. The summed E-state index contributed by atoms with van der Waals surface area (Å²) < 4.78 is 5.45. The second-order valence-electron chi connectivity index (χ2n) is 4.63. The van der Waals surface area contributed by atoms with Crippen molar-refractivity contribution in [2.24, 2.45) is 5.73 Å². The lowest BCUT2D eigenvalue weighted by Crippen LogP contribution is -2.44. The first-order valence-corrected chi connectivity index (χ1v) is 6.13. The predicted octanol–water partition coefficient (Wildman–Crippen LogP) is 1.78. The van der Waals surface area contributed by atoms with E-state index in [9.17, 15) is 9.90 Å². The van der Waals surface area contributed by atoms with Crippen molar-refractivity contribution in [1.29, 1.82) is 0 Å². The highest BCUT2D eigenvalue weighted by molar-refractivity contribution is 5.81. The summed E-state index contributed by atoms with van der Waals surface area (Å²) in [5.41, 5.74) is 5.39. The SMILES string of the molecule is CC(C)OCCC(CN)(C(=O)O)c1ccccc1. The first kappa shape index (κ1) is 14.7. The standard InChI is InChI=1S/C14H21NO3/c1-11(2)18-9-8-14(10-15,13(16)17)12-6-4-3-5-7-12/h3-7,11H,8-10,15H2,1-2H3,(H,16,17). The number of rotatable bonds is 7. The van der Waals surface area contributed by atoms with Gasteiger partial charge in [-0.1, -0.05) is 30.3 Å². The third kappa shape index (κ3) is 3.31. The number of ether oxygens (including phenoxy) is 1. The van der Waals surface area contributed by atoms with Crippen molar-refractivity contribution >= 4 is 5.97 Å². The Morgan fingerprint density at radius 1 is 1.39 bits per heavy atom. The van der Waals surface area contributed by atoms with E-state index in [1.807, 2.05) is 32.0 Å². The van der Waals surface area contributed by atoms with E-state index < -0.39 is 11.4 Å². The van der Waals surface area contributed by atoms with Gasteiger partial charge >= 0.3 is 5.97 Å². The molecule has 3 N–H and O–H groups in total. The number of hydrogen-bond acceptors (Lipinski definition) is 3. The van der Waals surface area contributed by atoms with Crippen LogP contribution in [0.25, 0.3) is 0 Å². The van der Waals surface area contributed by atoms with Gasteiger partial charge in [-0.15, -0.1) is 0 Å². The number of carboxylic acid groups (broad SMARTS) is 1. The Morgan fingerprint density at radius 2 is 2.00 bits per heavy atom. The Labute approximate surface area is 108 Å². The molecule has 0 saturated carbocycles. The second kappa shape index (κ2) is 6.52. The highest BCUT2D eigenvalue weighted by atomic mass is 16.5. The molecule has 0 fully saturated rings. The van der Waals surface area contributed by atoms with Crippen molar-refractivity contribution in [1.82, 2.24) is 0 Å². The van der Waals surface area contributed by atoms with Gasteiger partial charge in [0.05, 0.1) is 6.10 Å². The maximum atomic E-state index is 11.6. The van der Waals surface area contributed by atoms with Gasteiger partial charge in [-0.25, -0.2) is 0 Å². The quantitative estimate of drug-likeness (QED) is 0.775. The van der Waals surface area contributed by atoms with Crippen LogP contribution in [-0.2, 0) is 14.9 Å². The molecular formula is C14H21NO3. The van der Waals surface area contributed by atoms with Crippen molar-refractivity contribution in [3.63, 3.8) is 0 Å². The Hall–Kier alpha value is -1.39. The van der Waals surface area contributed by atoms with Gasteiger partial charge in [0.15, 0.2) is 0 Å². The Bertz CT molecular complexity index is 378. The topological polar surface area (TPSA) is 72.5 Å². The fraction of sp³-hybridized carbons (Fsp3) is 0.500. The molecule has 1 atom stereocenters. The molecule has 0 spiro atoms. The van der Waals surface area contributed by atoms with Gasteiger partial charge in [0.2, 0.25) is 0 Å². The van der Waals surface area contributed by atoms with E-state index in [2.05, 4.69) is 0 Å². The summed E-state index contributed by atoms with van der Waals surface area (Å²) in [5, 5.41) is 9.51. The third-order valence-electron chi connectivity index (χ3n) is 3.06. The maximum absolute atomic E-state index is 11.6. The summed E-state index contributed by atoms with van der Waals surface area (Å²) in [5.74, 6) is -0.899. The Balaban J connectivity index is 2.92. The summed E-state index contributed by atoms with van der Waals surface area (Å²) in [7, 11) is 0. The van der Waals surface area contributed by atoms with Gasteiger partial charge in [0, 0.05) is 13.2 Å². The molecule has 18 heavy (non-hydrogen) atoms. The summed E-state index contributed by atoms with van der Waals surface area (Å²) >= 11 is 0. The molecule has 0 aliphatic heterocycles. The zero-order chi connectivity index (χ0) is 13.6. The average Bonchev–Trinajstić information content (AvgIpc) is 2.35. The van der Waals surface area contributed by atoms with Gasteiger partial charge in [-0.2, -0.15) is 0 Å². The molecule has 0 heterocycles. The minimum atomic E-state index is -1.06. The van der Waals surface area contributed by atoms with Crippen molar-refractivity contribution in [3.05, 3.63) is 35.9 Å². The molecule has 0 amide bonds. The highest BCUT2D eigenvalue weighted by Gasteiger charge is 2.38. The van der Waals surface area contributed by atoms with Gasteiger partial charge in [-0.3, -0.25) is 4.79 Å². The molecule has 1 rings (SSSR count). The van der Waals surface area contributed by atoms with E-state index >= 15 is 0 Å². The molecule has 0 aromatic heterocycles. The van der Waals surface area contributed by atoms with E-state index in [1.54, 1.807) is 12.1 Å². The van der Waals surface area contributed by atoms with Gasteiger partial charge in [0.25, 0.3) is 0 Å². The molecule has 0 aliphatic carbocycles. The summed E-state index contributed by atoms with van der Waals surface area (Å²) in [6, 6.07) is 9.11. The lowest BCUT2D eigenvalue weighted by molar-refractivity contribution is -0.144. The number of carbonyl (C=O) groups is 1. The molecule has 100 valence electrons. The molecule has 0 saturated heterocycles. The molecule has 4 heteroatoms. The highest BCUT2D eigenvalue weighted by Crippen LogP contribution is 2.27. The number of hydrogen-bond donors (Lipinski definition) is 2. The van der Waals surface area contributed by atoms with Crippen LogP contribution >= 0.6 is 0 Å². The van der Waals surface area contributed by atoms with Crippen LogP contribution in [0.5, 0.6) is 0 Å². The van der Waals surface area contributed by atoms with Crippen LogP contribution in [0, 0.1) is 0 Å². The molecule has 1 aromatic rings. The van der Waals surface area contributed by atoms with E-state index in [-0.39, 0.29) is 12.6 Å². The molecule has 0 bridgehead atoms. The number of nitrogens with two attached hydrogens (primary N) is 1. The number of benzene rings is 1. The van der Waals surface area contributed by atoms with Crippen molar-refractivity contribution in [2.75, 3.05) is 13.2 Å². The Morgan fingerprint density at radius 3 is 2.44 bits per heavy atom. The fourth-order valence-corrected chi connectivity index (χ4v) is 1.91. The molecule has 1 unspecified atom stereocenters.